The molecule has 0 radical (unpaired) electrons. The van der Waals surface area contributed by atoms with Crippen molar-refractivity contribution in [1.82, 2.24) is 0 Å². The Hall–Kier alpha value is -0.830. The summed E-state index contributed by atoms with van der Waals surface area (Å²) >= 11 is 18.2. The highest BCUT2D eigenvalue weighted by Gasteiger charge is 2.22. The van der Waals surface area contributed by atoms with Crippen molar-refractivity contribution >= 4 is 34.8 Å². The summed E-state index contributed by atoms with van der Waals surface area (Å²) in [4.78, 5) is 0. The molecule has 5 heteroatoms. The second kappa shape index (κ2) is 5.66. The summed E-state index contributed by atoms with van der Waals surface area (Å²) in [7, 11) is 0. The second-order valence-corrected chi connectivity index (χ2v) is 5.37. The van der Waals surface area contributed by atoms with E-state index in [4.69, 9.17) is 34.8 Å². The molecule has 0 nitrogen and oxygen atoms in total. The third-order valence-corrected chi connectivity index (χ3v) is 3.92. The summed E-state index contributed by atoms with van der Waals surface area (Å²) in [6.45, 7) is 1.48. The largest absolute Gasteiger partial charge is 0.207 e. The molecule has 0 aliphatic rings. The molecule has 0 fully saturated rings. The highest BCUT2D eigenvalue weighted by molar-refractivity contribution is 6.38. The van der Waals surface area contributed by atoms with Crippen LogP contribution >= 0.6 is 34.8 Å². The van der Waals surface area contributed by atoms with Gasteiger partial charge in [-0.2, -0.15) is 0 Å². The van der Waals surface area contributed by atoms with Gasteiger partial charge in [-0.3, -0.25) is 0 Å². The van der Waals surface area contributed by atoms with Gasteiger partial charge in [0, 0.05) is 21.2 Å². The fraction of sp³-hybridized carbons (Fsp3) is 0.143. The lowest BCUT2D eigenvalue weighted by atomic mass is 10.0. The molecule has 19 heavy (non-hydrogen) atoms. The Labute approximate surface area is 124 Å². The van der Waals surface area contributed by atoms with Crippen LogP contribution in [0.3, 0.4) is 0 Å². The minimum atomic E-state index is -0.948. The Morgan fingerprint density at radius 3 is 2.16 bits per heavy atom. The van der Waals surface area contributed by atoms with Crippen molar-refractivity contribution in [1.29, 1.82) is 0 Å². The minimum absolute atomic E-state index is 0.0137. The minimum Gasteiger partial charge on any atom is -0.207 e. The molecule has 0 aliphatic heterocycles. The van der Waals surface area contributed by atoms with Gasteiger partial charge in [0.05, 0.1) is 5.38 Å². The Balaban J connectivity index is 2.56. The van der Waals surface area contributed by atoms with Gasteiger partial charge in [0.1, 0.15) is 11.6 Å². The number of rotatable bonds is 2. The van der Waals surface area contributed by atoms with Gasteiger partial charge in [-0.1, -0.05) is 29.3 Å². The van der Waals surface area contributed by atoms with E-state index in [9.17, 15) is 8.78 Å². The van der Waals surface area contributed by atoms with Crippen molar-refractivity contribution in [3.05, 3.63) is 68.7 Å². The van der Waals surface area contributed by atoms with E-state index in [1.54, 1.807) is 18.2 Å². The summed E-state index contributed by atoms with van der Waals surface area (Å²) in [5, 5.41) is -0.322. The first-order valence-electron chi connectivity index (χ1n) is 5.45. The molecule has 2 aromatic rings. The zero-order valence-corrected chi connectivity index (χ0v) is 12.1. The maximum atomic E-state index is 13.9. The SMILES string of the molecule is Cc1cc(F)c(C(Cl)c2c(Cl)cccc2Cl)cc1F. The van der Waals surface area contributed by atoms with E-state index in [1.165, 1.54) is 6.92 Å². The van der Waals surface area contributed by atoms with Crippen LogP contribution in [0.1, 0.15) is 22.1 Å². The van der Waals surface area contributed by atoms with Gasteiger partial charge in [-0.15, -0.1) is 11.6 Å². The van der Waals surface area contributed by atoms with Crippen LogP contribution in [0, 0.1) is 18.6 Å². The van der Waals surface area contributed by atoms with Gasteiger partial charge in [0.2, 0.25) is 0 Å². The van der Waals surface area contributed by atoms with E-state index in [0.29, 0.717) is 15.6 Å². The van der Waals surface area contributed by atoms with Gasteiger partial charge < -0.3 is 0 Å². The molecule has 2 aromatic carbocycles. The zero-order valence-electron chi connectivity index (χ0n) is 9.85. The van der Waals surface area contributed by atoms with Crippen molar-refractivity contribution < 1.29 is 8.78 Å². The van der Waals surface area contributed by atoms with Gasteiger partial charge in [0.25, 0.3) is 0 Å². The van der Waals surface area contributed by atoms with E-state index < -0.39 is 17.0 Å². The molecule has 0 heterocycles. The van der Waals surface area contributed by atoms with E-state index in [2.05, 4.69) is 0 Å². The van der Waals surface area contributed by atoms with Crippen molar-refractivity contribution in [3.8, 4) is 0 Å². The predicted molar refractivity (Wildman–Crippen MR) is 75.3 cm³/mol. The molecular weight excluding hydrogens is 313 g/mol. The molecule has 1 unspecified atom stereocenters. The highest BCUT2D eigenvalue weighted by Crippen LogP contribution is 2.39. The fourth-order valence-corrected chi connectivity index (χ4v) is 2.89. The predicted octanol–water partition coefficient (Wildman–Crippen LogP) is 5.91. The fourth-order valence-electron chi connectivity index (χ4n) is 1.76. The number of hydrogen-bond donors (Lipinski definition) is 0. The summed E-state index contributed by atoms with van der Waals surface area (Å²) in [5.41, 5.74) is 0.602. The van der Waals surface area contributed by atoms with Crippen LogP contribution in [-0.4, -0.2) is 0 Å². The third kappa shape index (κ3) is 2.86. The van der Waals surface area contributed by atoms with Gasteiger partial charge in [-0.05, 0) is 36.8 Å². The molecule has 0 saturated heterocycles. The summed E-state index contributed by atoms with van der Waals surface area (Å²) in [6, 6.07) is 7.03. The number of aryl methyl sites for hydroxylation is 1. The van der Waals surface area contributed by atoms with Crippen molar-refractivity contribution in [2.45, 2.75) is 12.3 Å². The van der Waals surface area contributed by atoms with Crippen molar-refractivity contribution in [2.24, 2.45) is 0 Å². The lowest BCUT2D eigenvalue weighted by Gasteiger charge is -2.15. The van der Waals surface area contributed by atoms with Crippen LogP contribution < -0.4 is 0 Å². The van der Waals surface area contributed by atoms with Gasteiger partial charge in [-0.25, -0.2) is 8.78 Å². The van der Waals surface area contributed by atoms with Gasteiger partial charge >= 0.3 is 0 Å². The maximum Gasteiger partial charge on any atom is 0.128 e. The number of halogens is 5. The lowest BCUT2D eigenvalue weighted by molar-refractivity contribution is 0.580. The quantitative estimate of drug-likeness (QED) is 0.603. The average molecular weight is 322 g/mol. The molecule has 100 valence electrons. The van der Waals surface area contributed by atoms with Gasteiger partial charge in [0.15, 0.2) is 0 Å². The summed E-state index contributed by atoms with van der Waals surface area (Å²) < 4.78 is 27.4. The molecule has 0 aliphatic carbocycles. The normalized spacial score (nSPS) is 12.5. The van der Waals surface area contributed by atoms with Crippen LogP contribution in [-0.2, 0) is 0 Å². The monoisotopic (exact) mass is 320 g/mol. The Morgan fingerprint density at radius 2 is 1.58 bits per heavy atom. The number of alkyl halides is 1. The van der Waals surface area contributed by atoms with Crippen LogP contribution in [0.4, 0.5) is 8.78 Å². The average Bonchev–Trinajstić information content (AvgIpc) is 2.33. The first-order chi connectivity index (χ1) is 8.91. The molecular formula is C14H9Cl3F2. The van der Waals surface area contributed by atoms with E-state index in [1.807, 2.05) is 0 Å². The zero-order chi connectivity index (χ0) is 14.2. The highest BCUT2D eigenvalue weighted by atomic mass is 35.5. The summed E-state index contributed by atoms with van der Waals surface area (Å²) in [6.07, 6.45) is 0. The molecule has 0 amide bonds. The Bertz CT molecular complexity index is 606. The van der Waals surface area contributed by atoms with Crippen LogP contribution in [0.25, 0.3) is 0 Å². The van der Waals surface area contributed by atoms with E-state index in [-0.39, 0.29) is 11.1 Å². The number of hydrogen-bond acceptors (Lipinski definition) is 0. The molecule has 0 bridgehead atoms. The maximum absolute atomic E-state index is 13.9. The van der Waals surface area contributed by atoms with Crippen molar-refractivity contribution in [3.63, 3.8) is 0 Å². The molecule has 2 rings (SSSR count). The van der Waals surface area contributed by atoms with Crippen LogP contribution in [0.5, 0.6) is 0 Å². The molecule has 0 aromatic heterocycles. The first kappa shape index (κ1) is 14.6. The topological polar surface area (TPSA) is 0 Å². The first-order valence-corrected chi connectivity index (χ1v) is 6.64. The van der Waals surface area contributed by atoms with E-state index in [0.717, 1.165) is 12.1 Å². The van der Waals surface area contributed by atoms with Crippen LogP contribution in [0.15, 0.2) is 30.3 Å². The molecule has 1 atom stereocenters. The smallest absolute Gasteiger partial charge is 0.128 e. The molecule has 0 spiro atoms. The van der Waals surface area contributed by atoms with Crippen molar-refractivity contribution in [2.75, 3.05) is 0 Å². The third-order valence-electron chi connectivity index (χ3n) is 2.80. The standard InChI is InChI=1S/C14H9Cl3F2/c1-7-5-12(19)8(6-11(7)18)14(17)13-9(15)3-2-4-10(13)16/h2-6,14H,1H3. The second-order valence-electron chi connectivity index (χ2n) is 4.12. The summed E-state index contributed by atoms with van der Waals surface area (Å²) in [5.74, 6) is -1.11. The van der Waals surface area contributed by atoms with Crippen LogP contribution in [0.2, 0.25) is 10.0 Å². The lowest BCUT2D eigenvalue weighted by Crippen LogP contribution is -2.01. The molecule has 0 saturated carbocycles. The van der Waals surface area contributed by atoms with E-state index >= 15 is 0 Å². The Kier molecular flexibility index (Phi) is 4.34. The Morgan fingerprint density at radius 1 is 1.00 bits per heavy atom. The number of benzene rings is 2. The molecule has 0 N–H and O–H groups in total.